The predicted octanol–water partition coefficient (Wildman–Crippen LogP) is 3.19. The van der Waals surface area contributed by atoms with Crippen molar-refractivity contribution in [3.8, 4) is 0 Å². The number of amides is 1. The highest BCUT2D eigenvalue weighted by atomic mass is 79.9. The summed E-state index contributed by atoms with van der Waals surface area (Å²) in [5.41, 5.74) is 1.20. The first-order valence-corrected chi connectivity index (χ1v) is 6.00. The van der Waals surface area contributed by atoms with Crippen LogP contribution >= 0.6 is 31.9 Å². The molecule has 1 aromatic carbocycles. The van der Waals surface area contributed by atoms with Crippen LogP contribution in [-0.2, 0) is 0 Å². The number of halogens is 2. The fraction of sp³-hybridized carbons (Fsp3) is 0. The Hall–Kier alpha value is -1.14. The maximum absolute atomic E-state index is 11.9. The van der Waals surface area contributed by atoms with Gasteiger partial charge in [-0.25, -0.2) is 0 Å². The van der Waals surface area contributed by atoms with Crippen molar-refractivity contribution in [2.45, 2.75) is 0 Å². The summed E-state index contributed by atoms with van der Waals surface area (Å²) in [4.78, 5) is 11.9. The van der Waals surface area contributed by atoms with Crippen molar-refractivity contribution in [2.24, 2.45) is 0 Å². The lowest BCUT2D eigenvalue weighted by molar-refractivity contribution is 0.102. The average Bonchev–Trinajstić information content (AvgIpc) is 2.74. The first-order valence-electron chi connectivity index (χ1n) is 4.42. The summed E-state index contributed by atoms with van der Waals surface area (Å²) in [5.74, 6) is -0.186. The quantitative estimate of drug-likeness (QED) is 0.879. The van der Waals surface area contributed by atoms with Gasteiger partial charge in [-0.3, -0.25) is 9.89 Å². The molecule has 0 bridgehead atoms. The number of hydrogen-bond acceptors (Lipinski definition) is 2. The highest BCUT2D eigenvalue weighted by molar-refractivity contribution is 9.11. The Labute approximate surface area is 109 Å². The Balaban J connectivity index is 2.24. The third-order valence-electron chi connectivity index (χ3n) is 1.93. The number of nitrogens with zero attached hydrogens (tertiary/aromatic N) is 1. The van der Waals surface area contributed by atoms with E-state index in [-0.39, 0.29) is 5.91 Å². The Morgan fingerprint density at radius 1 is 1.38 bits per heavy atom. The Bertz CT molecular complexity index is 511. The Morgan fingerprint density at radius 3 is 2.88 bits per heavy atom. The monoisotopic (exact) mass is 343 g/mol. The van der Waals surface area contributed by atoms with Crippen LogP contribution in [0.3, 0.4) is 0 Å². The number of carbonyl (C=O) groups is 1. The number of aromatic nitrogens is 2. The van der Waals surface area contributed by atoms with E-state index >= 15 is 0 Å². The van der Waals surface area contributed by atoms with Crippen molar-refractivity contribution in [1.29, 1.82) is 0 Å². The number of H-pyrrole nitrogens is 1. The van der Waals surface area contributed by atoms with Gasteiger partial charge in [0.2, 0.25) is 0 Å². The summed E-state index contributed by atoms with van der Waals surface area (Å²) in [7, 11) is 0. The molecular formula is C10H7Br2N3O. The molecule has 82 valence electrons. The number of nitrogens with one attached hydrogen (secondary N) is 2. The van der Waals surface area contributed by atoms with Crippen LogP contribution in [0.25, 0.3) is 0 Å². The summed E-state index contributed by atoms with van der Waals surface area (Å²) in [6, 6.07) is 5.42. The number of benzene rings is 1. The lowest BCUT2D eigenvalue weighted by Gasteiger charge is -2.05. The molecule has 16 heavy (non-hydrogen) atoms. The molecule has 0 aliphatic rings. The fourth-order valence-electron chi connectivity index (χ4n) is 1.19. The van der Waals surface area contributed by atoms with Crippen molar-refractivity contribution in [3.05, 3.63) is 45.1 Å². The first-order chi connectivity index (χ1) is 7.66. The summed E-state index contributed by atoms with van der Waals surface area (Å²) >= 11 is 6.65. The van der Waals surface area contributed by atoms with Crippen LogP contribution in [0.5, 0.6) is 0 Å². The van der Waals surface area contributed by atoms with E-state index in [0.717, 1.165) is 8.95 Å². The molecule has 2 aromatic rings. The SMILES string of the molecule is O=C(Nc1cn[nH]c1)c1cc(Br)ccc1Br. The number of hydrogen-bond donors (Lipinski definition) is 2. The van der Waals surface area contributed by atoms with Crippen molar-refractivity contribution < 1.29 is 4.79 Å². The molecule has 0 spiro atoms. The fourth-order valence-corrected chi connectivity index (χ4v) is 1.98. The molecule has 2 N–H and O–H groups in total. The standard InChI is InChI=1S/C10H7Br2N3O/c11-6-1-2-9(12)8(3-6)10(16)15-7-4-13-14-5-7/h1-5H,(H,13,14)(H,15,16). The third kappa shape index (κ3) is 2.51. The zero-order valence-electron chi connectivity index (χ0n) is 8.00. The number of aromatic amines is 1. The summed E-state index contributed by atoms with van der Waals surface area (Å²) in [5, 5.41) is 9.10. The average molecular weight is 345 g/mol. The van der Waals surface area contributed by atoms with E-state index in [1.807, 2.05) is 12.1 Å². The second-order valence-corrected chi connectivity index (χ2v) is 4.84. The Kier molecular flexibility index (Phi) is 3.40. The van der Waals surface area contributed by atoms with E-state index < -0.39 is 0 Å². The van der Waals surface area contributed by atoms with Crippen LogP contribution in [0.15, 0.2) is 39.5 Å². The van der Waals surface area contributed by atoms with Crippen LogP contribution < -0.4 is 5.32 Å². The van der Waals surface area contributed by atoms with Crippen molar-refractivity contribution >= 4 is 43.5 Å². The second kappa shape index (κ2) is 4.80. The van der Waals surface area contributed by atoms with Gasteiger partial charge in [0.05, 0.1) is 17.4 Å². The minimum atomic E-state index is -0.186. The number of carbonyl (C=O) groups excluding carboxylic acids is 1. The molecule has 0 unspecified atom stereocenters. The van der Waals surface area contributed by atoms with Crippen molar-refractivity contribution in [2.75, 3.05) is 5.32 Å². The third-order valence-corrected chi connectivity index (χ3v) is 3.11. The largest absolute Gasteiger partial charge is 0.319 e. The van der Waals surface area contributed by atoms with Crippen LogP contribution in [0.1, 0.15) is 10.4 Å². The summed E-state index contributed by atoms with van der Waals surface area (Å²) in [6.07, 6.45) is 3.16. The lowest BCUT2D eigenvalue weighted by Crippen LogP contribution is -2.12. The van der Waals surface area contributed by atoms with Crippen molar-refractivity contribution in [1.82, 2.24) is 10.2 Å². The molecule has 0 atom stereocenters. The summed E-state index contributed by atoms with van der Waals surface area (Å²) < 4.78 is 1.60. The van der Waals surface area contributed by atoms with E-state index in [4.69, 9.17) is 0 Å². The smallest absolute Gasteiger partial charge is 0.256 e. The van der Waals surface area contributed by atoms with Gasteiger partial charge in [-0.2, -0.15) is 5.10 Å². The molecule has 0 radical (unpaired) electrons. The molecule has 1 amide bonds. The minimum Gasteiger partial charge on any atom is -0.319 e. The molecule has 1 aromatic heterocycles. The van der Waals surface area contributed by atoms with Gasteiger partial charge < -0.3 is 5.32 Å². The summed E-state index contributed by atoms with van der Waals surface area (Å²) in [6.45, 7) is 0. The first kappa shape index (κ1) is 11.3. The number of rotatable bonds is 2. The van der Waals surface area contributed by atoms with Gasteiger partial charge >= 0.3 is 0 Å². The molecule has 0 saturated heterocycles. The van der Waals surface area contributed by atoms with Crippen molar-refractivity contribution in [3.63, 3.8) is 0 Å². The van der Waals surface area contributed by atoms with Crippen LogP contribution in [0, 0.1) is 0 Å². The molecular weight excluding hydrogens is 338 g/mol. The van der Waals surface area contributed by atoms with Gasteiger partial charge in [-0.1, -0.05) is 15.9 Å². The lowest BCUT2D eigenvalue weighted by atomic mass is 10.2. The topological polar surface area (TPSA) is 57.8 Å². The van der Waals surface area contributed by atoms with Gasteiger partial charge in [0, 0.05) is 15.1 Å². The highest BCUT2D eigenvalue weighted by Crippen LogP contribution is 2.22. The van der Waals surface area contributed by atoms with E-state index in [0.29, 0.717) is 11.3 Å². The van der Waals surface area contributed by atoms with E-state index in [1.54, 1.807) is 18.5 Å². The van der Waals surface area contributed by atoms with E-state index in [9.17, 15) is 4.79 Å². The Morgan fingerprint density at radius 2 is 2.19 bits per heavy atom. The molecule has 2 rings (SSSR count). The molecule has 6 heteroatoms. The second-order valence-electron chi connectivity index (χ2n) is 3.07. The maximum Gasteiger partial charge on any atom is 0.256 e. The minimum absolute atomic E-state index is 0.186. The maximum atomic E-state index is 11.9. The zero-order valence-corrected chi connectivity index (χ0v) is 11.2. The molecule has 4 nitrogen and oxygen atoms in total. The van der Waals surface area contributed by atoms with Gasteiger partial charge in [-0.05, 0) is 34.1 Å². The van der Waals surface area contributed by atoms with E-state index in [2.05, 4.69) is 47.4 Å². The predicted molar refractivity (Wildman–Crippen MR) is 68.4 cm³/mol. The van der Waals surface area contributed by atoms with Crippen LogP contribution in [0.2, 0.25) is 0 Å². The molecule has 0 aliphatic carbocycles. The molecule has 0 aliphatic heterocycles. The molecule has 0 saturated carbocycles. The number of anilines is 1. The van der Waals surface area contributed by atoms with Gasteiger partial charge in [0.1, 0.15) is 0 Å². The van der Waals surface area contributed by atoms with Crippen LogP contribution in [-0.4, -0.2) is 16.1 Å². The highest BCUT2D eigenvalue weighted by Gasteiger charge is 2.10. The van der Waals surface area contributed by atoms with Gasteiger partial charge in [0.15, 0.2) is 0 Å². The van der Waals surface area contributed by atoms with E-state index in [1.165, 1.54) is 0 Å². The zero-order chi connectivity index (χ0) is 11.5. The molecule has 0 fully saturated rings. The molecule has 1 heterocycles. The normalized spacial score (nSPS) is 10.1. The van der Waals surface area contributed by atoms with Gasteiger partial charge in [0.25, 0.3) is 5.91 Å². The van der Waals surface area contributed by atoms with Crippen LogP contribution in [0.4, 0.5) is 5.69 Å². The van der Waals surface area contributed by atoms with Gasteiger partial charge in [-0.15, -0.1) is 0 Å².